The number of hydrogen-bond donors (Lipinski definition) is 2. The standard InChI is InChI=1S/C21H26N2O4.ClH/c1-4-27-18-9-6-15(7-10-18)11-16(21(25)26-3)13-23-20(24)19-12-17(22)8-5-14(19)2;/h5-10,12,16H,4,11,13,22H2,1-3H3,(H,23,24);1H. The minimum Gasteiger partial charge on any atom is -0.494 e. The highest BCUT2D eigenvalue weighted by Crippen LogP contribution is 2.17. The molecule has 0 radical (unpaired) electrons. The highest BCUT2D eigenvalue weighted by Gasteiger charge is 2.21. The van der Waals surface area contributed by atoms with Gasteiger partial charge in [0.25, 0.3) is 5.91 Å². The number of rotatable bonds is 8. The van der Waals surface area contributed by atoms with Crippen molar-refractivity contribution in [2.75, 3.05) is 26.0 Å². The zero-order valence-electron chi connectivity index (χ0n) is 16.4. The average Bonchev–Trinajstić information content (AvgIpc) is 2.67. The molecule has 0 fully saturated rings. The first-order chi connectivity index (χ1) is 12.9. The lowest BCUT2D eigenvalue weighted by Crippen LogP contribution is -2.35. The Balaban J connectivity index is 0.00000392. The van der Waals surface area contributed by atoms with Crippen molar-refractivity contribution in [2.45, 2.75) is 20.3 Å². The van der Waals surface area contributed by atoms with Crippen LogP contribution in [0, 0.1) is 12.8 Å². The molecule has 1 amide bonds. The van der Waals surface area contributed by atoms with Crippen LogP contribution >= 0.6 is 12.4 Å². The highest BCUT2D eigenvalue weighted by molar-refractivity contribution is 5.96. The molecule has 0 aliphatic carbocycles. The molecule has 7 heteroatoms. The van der Waals surface area contributed by atoms with Crippen molar-refractivity contribution in [1.82, 2.24) is 5.32 Å². The maximum absolute atomic E-state index is 12.5. The van der Waals surface area contributed by atoms with Gasteiger partial charge in [-0.05, 0) is 55.7 Å². The number of carbonyl (C=O) groups is 2. The molecule has 2 aromatic carbocycles. The van der Waals surface area contributed by atoms with Crippen LogP contribution < -0.4 is 15.8 Å². The highest BCUT2D eigenvalue weighted by atomic mass is 35.5. The van der Waals surface area contributed by atoms with Gasteiger partial charge < -0.3 is 20.5 Å². The Bertz CT molecular complexity index is 793. The van der Waals surface area contributed by atoms with E-state index in [-0.39, 0.29) is 30.8 Å². The van der Waals surface area contributed by atoms with Crippen molar-refractivity contribution >= 4 is 30.0 Å². The topological polar surface area (TPSA) is 90.6 Å². The largest absolute Gasteiger partial charge is 0.494 e. The molecular formula is C21H27ClN2O4. The summed E-state index contributed by atoms with van der Waals surface area (Å²) >= 11 is 0. The third-order valence-electron chi connectivity index (χ3n) is 4.27. The van der Waals surface area contributed by atoms with Gasteiger partial charge in [0.15, 0.2) is 0 Å². The summed E-state index contributed by atoms with van der Waals surface area (Å²) in [5.41, 5.74) is 8.56. The average molecular weight is 407 g/mol. The van der Waals surface area contributed by atoms with E-state index in [9.17, 15) is 9.59 Å². The number of ether oxygens (including phenoxy) is 2. The van der Waals surface area contributed by atoms with Crippen LogP contribution in [0.15, 0.2) is 42.5 Å². The van der Waals surface area contributed by atoms with E-state index < -0.39 is 5.92 Å². The van der Waals surface area contributed by atoms with Crippen molar-refractivity contribution in [2.24, 2.45) is 5.92 Å². The molecule has 3 N–H and O–H groups in total. The van der Waals surface area contributed by atoms with Crippen LogP contribution in [0.5, 0.6) is 5.75 Å². The second-order valence-corrected chi connectivity index (χ2v) is 6.29. The van der Waals surface area contributed by atoms with E-state index in [4.69, 9.17) is 15.2 Å². The summed E-state index contributed by atoms with van der Waals surface area (Å²) in [6.07, 6.45) is 0.454. The van der Waals surface area contributed by atoms with Crippen molar-refractivity contribution in [3.05, 3.63) is 59.2 Å². The van der Waals surface area contributed by atoms with Gasteiger partial charge in [-0.3, -0.25) is 9.59 Å². The molecule has 0 saturated carbocycles. The molecule has 1 atom stereocenters. The molecule has 0 heterocycles. The number of nitrogen functional groups attached to an aromatic ring is 1. The summed E-state index contributed by atoms with van der Waals surface area (Å²) in [5, 5.41) is 2.81. The van der Waals surface area contributed by atoms with Gasteiger partial charge in [0.2, 0.25) is 0 Å². The Kier molecular flexibility index (Phi) is 9.32. The summed E-state index contributed by atoms with van der Waals surface area (Å²) in [7, 11) is 1.34. The molecule has 0 aliphatic rings. The molecule has 0 aliphatic heterocycles. The fourth-order valence-electron chi connectivity index (χ4n) is 2.77. The predicted molar refractivity (Wildman–Crippen MR) is 112 cm³/mol. The minimum absolute atomic E-state index is 0. The number of esters is 1. The number of nitrogens with one attached hydrogen (secondary N) is 1. The molecular weight excluding hydrogens is 380 g/mol. The molecule has 0 bridgehead atoms. The third-order valence-corrected chi connectivity index (χ3v) is 4.27. The Morgan fingerprint density at radius 2 is 1.82 bits per heavy atom. The van der Waals surface area contributed by atoms with Crippen molar-refractivity contribution in [3.63, 3.8) is 0 Å². The summed E-state index contributed by atoms with van der Waals surface area (Å²) in [6.45, 7) is 4.53. The van der Waals surface area contributed by atoms with Crippen molar-refractivity contribution < 1.29 is 19.1 Å². The van der Waals surface area contributed by atoms with E-state index in [1.54, 1.807) is 18.2 Å². The van der Waals surface area contributed by atoms with Crippen LogP contribution in [-0.2, 0) is 16.0 Å². The molecule has 1 unspecified atom stereocenters. The van der Waals surface area contributed by atoms with Gasteiger partial charge in [-0.25, -0.2) is 0 Å². The van der Waals surface area contributed by atoms with E-state index in [0.29, 0.717) is 24.3 Å². The zero-order chi connectivity index (χ0) is 19.8. The van der Waals surface area contributed by atoms with Crippen LogP contribution in [0.25, 0.3) is 0 Å². The van der Waals surface area contributed by atoms with E-state index in [0.717, 1.165) is 16.9 Å². The first-order valence-corrected chi connectivity index (χ1v) is 8.88. The van der Waals surface area contributed by atoms with Gasteiger partial charge in [0, 0.05) is 17.8 Å². The van der Waals surface area contributed by atoms with E-state index in [2.05, 4.69) is 5.32 Å². The van der Waals surface area contributed by atoms with Gasteiger partial charge in [-0.15, -0.1) is 12.4 Å². The summed E-state index contributed by atoms with van der Waals surface area (Å²) < 4.78 is 10.3. The molecule has 6 nitrogen and oxygen atoms in total. The first kappa shape index (κ1) is 23.3. The van der Waals surface area contributed by atoms with Gasteiger partial charge in [-0.2, -0.15) is 0 Å². The fourth-order valence-corrected chi connectivity index (χ4v) is 2.77. The Labute approximate surface area is 171 Å². The first-order valence-electron chi connectivity index (χ1n) is 8.88. The van der Waals surface area contributed by atoms with Crippen LogP contribution in [0.3, 0.4) is 0 Å². The summed E-state index contributed by atoms with van der Waals surface area (Å²) in [6, 6.07) is 12.7. The van der Waals surface area contributed by atoms with E-state index in [1.807, 2.05) is 38.1 Å². The number of methoxy groups -OCH3 is 1. The maximum atomic E-state index is 12.5. The Morgan fingerprint density at radius 3 is 2.43 bits per heavy atom. The lowest BCUT2D eigenvalue weighted by molar-refractivity contribution is -0.145. The monoisotopic (exact) mass is 406 g/mol. The number of benzene rings is 2. The van der Waals surface area contributed by atoms with Gasteiger partial charge in [0.1, 0.15) is 5.75 Å². The third kappa shape index (κ3) is 6.46. The zero-order valence-corrected chi connectivity index (χ0v) is 17.2. The normalized spacial score (nSPS) is 11.1. The number of hydrogen-bond acceptors (Lipinski definition) is 5. The number of anilines is 1. The SMILES string of the molecule is CCOc1ccc(CC(CNC(=O)c2cc(N)ccc2C)C(=O)OC)cc1.Cl. The Morgan fingerprint density at radius 1 is 1.14 bits per heavy atom. The summed E-state index contributed by atoms with van der Waals surface area (Å²) in [4.78, 5) is 24.6. The maximum Gasteiger partial charge on any atom is 0.310 e. The van der Waals surface area contributed by atoms with Gasteiger partial charge in [-0.1, -0.05) is 18.2 Å². The quantitative estimate of drug-likeness (QED) is 0.519. The van der Waals surface area contributed by atoms with Crippen LogP contribution in [0.1, 0.15) is 28.4 Å². The van der Waals surface area contributed by atoms with Crippen molar-refractivity contribution in [1.29, 1.82) is 0 Å². The lowest BCUT2D eigenvalue weighted by atomic mass is 9.98. The second kappa shape index (κ2) is 11.2. The van der Waals surface area contributed by atoms with Gasteiger partial charge in [0.05, 0.1) is 19.6 Å². The number of halogens is 1. The Hall–Kier alpha value is -2.73. The molecule has 2 aromatic rings. The van der Waals surface area contributed by atoms with E-state index in [1.165, 1.54) is 7.11 Å². The molecule has 0 spiro atoms. The molecule has 2 rings (SSSR count). The fraction of sp³-hybridized carbons (Fsp3) is 0.333. The smallest absolute Gasteiger partial charge is 0.310 e. The predicted octanol–water partition coefficient (Wildman–Crippen LogP) is 3.16. The second-order valence-electron chi connectivity index (χ2n) is 6.29. The van der Waals surface area contributed by atoms with Crippen LogP contribution in [0.4, 0.5) is 5.69 Å². The van der Waals surface area contributed by atoms with Gasteiger partial charge >= 0.3 is 5.97 Å². The summed E-state index contributed by atoms with van der Waals surface area (Å²) in [5.74, 6) is -0.339. The lowest BCUT2D eigenvalue weighted by Gasteiger charge is -2.16. The molecule has 152 valence electrons. The number of aryl methyl sites for hydroxylation is 1. The molecule has 0 aromatic heterocycles. The minimum atomic E-state index is -0.488. The van der Waals surface area contributed by atoms with E-state index >= 15 is 0 Å². The number of carbonyl (C=O) groups excluding carboxylic acids is 2. The molecule has 28 heavy (non-hydrogen) atoms. The van der Waals surface area contributed by atoms with Crippen LogP contribution in [-0.4, -0.2) is 32.1 Å². The molecule has 0 saturated heterocycles. The number of nitrogens with two attached hydrogens (primary N) is 1. The van der Waals surface area contributed by atoms with Crippen LogP contribution in [0.2, 0.25) is 0 Å². The van der Waals surface area contributed by atoms with Crippen molar-refractivity contribution in [3.8, 4) is 5.75 Å². The number of amides is 1.